The Morgan fingerprint density at radius 1 is 1.00 bits per heavy atom. The van der Waals surface area contributed by atoms with Crippen molar-refractivity contribution in [3.8, 4) is 11.5 Å². The Morgan fingerprint density at radius 2 is 1.72 bits per heavy atom. The molecule has 0 saturated carbocycles. The second kappa shape index (κ2) is 9.49. The molecule has 1 heterocycles. The highest BCUT2D eigenvalue weighted by Crippen LogP contribution is 2.28. The minimum atomic E-state index is -1.08. The van der Waals surface area contributed by atoms with Gasteiger partial charge >= 0.3 is 5.97 Å². The molecular formula is C25H20ClN3O3. The van der Waals surface area contributed by atoms with E-state index in [9.17, 15) is 9.90 Å². The van der Waals surface area contributed by atoms with E-state index in [4.69, 9.17) is 16.3 Å². The van der Waals surface area contributed by atoms with Crippen molar-refractivity contribution >= 4 is 34.7 Å². The van der Waals surface area contributed by atoms with E-state index in [2.05, 4.69) is 10.1 Å². The number of aliphatic imine (C=N–C) groups is 1. The highest BCUT2D eigenvalue weighted by molar-refractivity contribution is 6.34. The van der Waals surface area contributed by atoms with Gasteiger partial charge in [0.1, 0.15) is 23.9 Å². The first-order chi connectivity index (χ1) is 15.5. The molecule has 6 nitrogen and oxygen atoms in total. The molecule has 0 fully saturated rings. The zero-order chi connectivity index (χ0) is 22.5. The average molecular weight is 446 g/mol. The van der Waals surface area contributed by atoms with E-state index in [0.29, 0.717) is 10.7 Å². The molecule has 0 unspecified atom stereocenters. The number of para-hydroxylation sites is 1. The molecule has 3 aromatic rings. The minimum Gasteiger partial charge on any atom is -0.477 e. The highest BCUT2D eigenvalue weighted by atomic mass is 35.5. The van der Waals surface area contributed by atoms with Gasteiger partial charge in [0.05, 0.1) is 11.4 Å². The highest BCUT2D eigenvalue weighted by Gasteiger charge is 2.19. The molecule has 1 aliphatic rings. The molecule has 32 heavy (non-hydrogen) atoms. The van der Waals surface area contributed by atoms with Crippen LogP contribution >= 0.6 is 11.6 Å². The van der Waals surface area contributed by atoms with Gasteiger partial charge in [-0.25, -0.2) is 9.80 Å². The van der Waals surface area contributed by atoms with E-state index >= 15 is 0 Å². The number of halogens is 1. The maximum atomic E-state index is 11.3. The fraction of sp³-hybridized carbons (Fsp3) is 0.0800. The van der Waals surface area contributed by atoms with E-state index in [1.54, 1.807) is 11.1 Å². The normalized spacial score (nSPS) is 13.9. The Balaban J connectivity index is 1.64. The third-order valence-electron chi connectivity index (χ3n) is 4.76. The molecule has 0 aromatic heterocycles. The molecule has 1 aliphatic heterocycles. The lowest BCUT2D eigenvalue weighted by atomic mass is 10.0. The van der Waals surface area contributed by atoms with Crippen molar-refractivity contribution in [3.63, 3.8) is 0 Å². The van der Waals surface area contributed by atoms with E-state index in [1.807, 2.05) is 78.9 Å². The molecule has 4 rings (SSSR count). The number of rotatable bonds is 6. The number of carbonyl (C=O) groups is 1. The zero-order valence-electron chi connectivity index (χ0n) is 17.3. The molecule has 0 aliphatic carbocycles. The van der Waals surface area contributed by atoms with Crippen molar-refractivity contribution in [2.75, 3.05) is 6.67 Å². The number of hydrogen-bond acceptors (Lipinski definition) is 5. The number of aliphatic carboxylic acids is 1. The lowest BCUT2D eigenvalue weighted by Gasteiger charge is -2.25. The summed E-state index contributed by atoms with van der Waals surface area (Å²) in [6, 6.07) is 24.5. The van der Waals surface area contributed by atoms with Gasteiger partial charge in [0.25, 0.3) is 0 Å². The van der Waals surface area contributed by atoms with Crippen LogP contribution in [0.25, 0.3) is 5.70 Å². The van der Waals surface area contributed by atoms with Gasteiger partial charge in [-0.3, -0.25) is 4.99 Å². The van der Waals surface area contributed by atoms with Gasteiger partial charge in [0, 0.05) is 16.1 Å². The molecule has 1 N–H and O–H groups in total. The first-order valence-electron chi connectivity index (χ1n) is 9.91. The SMILES string of the molecule is C/C(=N\N1CN=C(c2ccc(Oc3ccccc3)cc2)C=C1c1cccc(Cl)c1)C(=O)O. The number of allylic oxidation sites excluding steroid dienone is 1. The van der Waals surface area contributed by atoms with Crippen LogP contribution in [0.3, 0.4) is 0 Å². The fourth-order valence-corrected chi connectivity index (χ4v) is 3.34. The first kappa shape index (κ1) is 21.3. The number of hydrazone groups is 1. The predicted molar refractivity (Wildman–Crippen MR) is 126 cm³/mol. The molecule has 0 amide bonds. The van der Waals surface area contributed by atoms with E-state index in [1.165, 1.54) is 6.92 Å². The summed E-state index contributed by atoms with van der Waals surface area (Å²) in [7, 11) is 0. The van der Waals surface area contributed by atoms with Crippen LogP contribution in [0.5, 0.6) is 11.5 Å². The third kappa shape index (κ3) is 5.04. The molecular weight excluding hydrogens is 426 g/mol. The van der Waals surface area contributed by atoms with Crippen LogP contribution in [0.2, 0.25) is 5.02 Å². The zero-order valence-corrected chi connectivity index (χ0v) is 18.0. The third-order valence-corrected chi connectivity index (χ3v) is 4.99. The van der Waals surface area contributed by atoms with Crippen LogP contribution in [-0.2, 0) is 4.79 Å². The van der Waals surface area contributed by atoms with E-state index in [-0.39, 0.29) is 12.4 Å². The summed E-state index contributed by atoms with van der Waals surface area (Å²) >= 11 is 6.19. The largest absolute Gasteiger partial charge is 0.477 e. The summed E-state index contributed by atoms with van der Waals surface area (Å²) in [5.74, 6) is 0.402. The number of carboxylic acids is 1. The number of nitrogens with zero attached hydrogens (tertiary/aromatic N) is 3. The topological polar surface area (TPSA) is 74.5 Å². The Kier molecular flexibility index (Phi) is 6.33. The van der Waals surface area contributed by atoms with Crippen LogP contribution in [0.4, 0.5) is 0 Å². The molecule has 0 spiro atoms. The monoisotopic (exact) mass is 445 g/mol. The maximum absolute atomic E-state index is 11.3. The van der Waals surface area contributed by atoms with Gasteiger partial charge in [-0.2, -0.15) is 5.10 Å². The Labute approximate surface area is 190 Å². The van der Waals surface area contributed by atoms with E-state index < -0.39 is 5.97 Å². The van der Waals surface area contributed by atoms with Crippen molar-refractivity contribution in [3.05, 3.63) is 101 Å². The number of ether oxygens (including phenoxy) is 1. The summed E-state index contributed by atoms with van der Waals surface area (Å²) in [6.07, 6.45) is 1.88. The van der Waals surface area contributed by atoms with Crippen LogP contribution in [0.15, 0.2) is 95.0 Å². The van der Waals surface area contributed by atoms with Crippen LogP contribution < -0.4 is 4.74 Å². The number of carboxylic acid groups (broad SMARTS) is 1. The Hall–Kier alpha value is -3.90. The number of hydrogen-bond donors (Lipinski definition) is 1. The molecule has 0 bridgehead atoms. The Bertz CT molecular complexity index is 1220. The van der Waals surface area contributed by atoms with Gasteiger partial charge in [-0.05, 0) is 61.5 Å². The van der Waals surface area contributed by atoms with E-state index in [0.717, 1.165) is 28.3 Å². The molecule has 7 heteroatoms. The molecule has 3 aromatic carbocycles. The van der Waals surface area contributed by atoms with Crippen molar-refractivity contribution in [1.29, 1.82) is 0 Å². The standard InChI is InChI=1S/C25H20ClN3O3/c1-17(25(30)31)28-29-16-27-23(15-24(29)19-6-5-7-20(26)14-19)18-10-12-22(13-11-18)32-21-8-3-2-4-9-21/h2-15H,16H2,1H3,(H,30,31)/b28-17+. The smallest absolute Gasteiger partial charge is 0.351 e. The number of benzene rings is 3. The van der Waals surface area contributed by atoms with Gasteiger partial charge in [-0.15, -0.1) is 0 Å². The lowest BCUT2D eigenvalue weighted by Crippen LogP contribution is -2.25. The molecule has 0 radical (unpaired) electrons. The van der Waals surface area contributed by atoms with Gasteiger partial charge in [0.15, 0.2) is 0 Å². The maximum Gasteiger partial charge on any atom is 0.351 e. The quantitative estimate of drug-likeness (QED) is 0.494. The molecule has 0 saturated heterocycles. The Morgan fingerprint density at radius 3 is 2.41 bits per heavy atom. The van der Waals surface area contributed by atoms with Crippen LogP contribution in [0.1, 0.15) is 18.1 Å². The fourth-order valence-electron chi connectivity index (χ4n) is 3.15. The average Bonchev–Trinajstić information content (AvgIpc) is 2.80. The summed E-state index contributed by atoms with van der Waals surface area (Å²) in [4.78, 5) is 15.9. The second-order valence-electron chi connectivity index (χ2n) is 7.05. The molecule has 0 atom stereocenters. The van der Waals surface area contributed by atoms with Crippen molar-refractivity contribution in [2.45, 2.75) is 6.92 Å². The van der Waals surface area contributed by atoms with Crippen molar-refractivity contribution < 1.29 is 14.6 Å². The van der Waals surface area contributed by atoms with Crippen LogP contribution in [-0.4, -0.2) is 34.2 Å². The van der Waals surface area contributed by atoms with Gasteiger partial charge in [-0.1, -0.05) is 41.9 Å². The van der Waals surface area contributed by atoms with Gasteiger partial charge < -0.3 is 9.84 Å². The predicted octanol–water partition coefficient (Wildman–Crippen LogP) is 5.70. The minimum absolute atomic E-state index is 0.0287. The van der Waals surface area contributed by atoms with Crippen LogP contribution in [0, 0.1) is 0 Å². The molecule has 160 valence electrons. The summed E-state index contributed by atoms with van der Waals surface area (Å²) in [6.45, 7) is 1.63. The second-order valence-corrected chi connectivity index (χ2v) is 7.49. The van der Waals surface area contributed by atoms with Crippen molar-refractivity contribution in [2.24, 2.45) is 10.1 Å². The first-order valence-corrected chi connectivity index (χ1v) is 10.3. The van der Waals surface area contributed by atoms with Crippen molar-refractivity contribution in [1.82, 2.24) is 5.01 Å². The summed E-state index contributed by atoms with van der Waals surface area (Å²) in [5.41, 5.74) is 3.16. The summed E-state index contributed by atoms with van der Waals surface area (Å²) < 4.78 is 5.86. The lowest BCUT2D eigenvalue weighted by molar-refractivity contribution is -0.129. The summed E-state index contributed by atoms with van der Waals surface area (Å²) in [5, 5.41) is 15.6. The van der Waals surface area contributed by atoms with Gasteiger partial charge in [0.2, 0.25) is 0 Å².